The fourth-order valence-electron chi connectivity index (χ4n) is 5.21. The van der Waals surface area contributed by atoms with Crippen molar-refractivity contribution in [2.45, 2.75) is 31.3 Å². The molecule has 1 fully saturated rings. The fraction of sp³-hybridized carbons (Fsp3) is 0.176. The maximum Gasteiger partial charge on any atom is 0.417 e. The van der Waals surface area contributed by atoms with Gasteiger partial charge in [0.05, 0.1) is 5.69 Å². The van der Waals surface area contributed by atoms with Crippen LogP contribution in [0.25, 0.3) is 0 Å². The molecule has 2 N–H and O–H groups in total. The molecule has 5 rings (SSSR count). The molecule has 10 nitrogen and oxygen atoms in total. The molecule has 3 amide bonds. The Kier molecular flexibility index (Phi) is 9.37. The average Bonchev–Trinajstić information content (AvgIpc) is 3.45. The van der Waals surface area contributed by atoms with Crippen molar-refractivity contribution in [1.82, 2.24) is 9.88 Å². The predicted molar refractivity (Wildman–Crippen MR) is 163 cm³/mol. The number of pyridine rings is 1. The minimum Gasteiger partial charge on any atom is -0.480 e. The first-order valence-corrected chi connectivity index (χ1v) is 14.1. The zero-order valence-corrected chi connectivity index (χ0v) is 24.2. The number of carboxylic acid groups (broad SMARTS) is 1. The fourth-order valence-corrected chi connectivity index (χ4v) is 5.21. The van der Waals surface area contributed by atoms with E-state index in [-0.39, 0.29) is 18.0 Å². The maximum atomic E-state index is 13.9. The van der Waals surface area contributed by atoms with Crippen LogP contribution in [-0.4, -0.2) is 57.2 Å². The summed E-state index contributed by atoms with van der Waals surface area (Å²) in [5.74, 6) is -4.10. The molecule has 4 aromatic rings. The van der Waals surface area contributed by atoms with Gasteiger partial charge in [0.2, 0.25) is 5.91 Å². The average molecular weight is 609 g/mol. The van der Waals surface area contributed by atoms with Crippen molar-refractivity contribution < 1.29 is 33.4 Å². The van der Waals surface area contributed by atoms with Crippen LogP contribution in [0.5, 0.6) is 0 Å². The number of ether oxygens (including phenoxy) is 1. The number of amides is 3. The smallest absolute Gasteiger partial charge is 0.417 e. The number of carbonyl (C=O) groups excluding carboxylic acids is 3. The number of cyclic esters (lactones) is 1. The monoisotopic (exact) mass is 608 g/mol. The number of benzene rings is 3. The van der Waals surface area contributed by atoms with Crippen LogP contribution < -0.4 is 5.32 Å². The van der Waals surface area contributed by atoms with E-state index in [9.17, 15) is 28.7 Å². The van der Waals surface area contributed by atoms with Crippen LogP contribution in [0.3, 0.4) is 0 Å². The number of imide groups is 1. The Labute approximate surface area is 258 Å². The molecular formula is C34H29FN4O6. The summed E-state index contributed by atoms with van der Waals surface area (Å²) in [6.07, 6.45) is 0.220. The lowest BCUT2D eigenvalue weighted by molar-refractivity contribution is -0.139. The van der Waals surface area contributed by atoms with Crippen molar-refractivity contribution in [3.63, 3.8) is 0 Å². The van der Waals surface area contributed by atoms with Gasteiger partial charge in [0.25, 0.3) is 5.91 Å². The van der Waals surface area contributed by atoms with Crippen LogP contribution in [0.4, 0.5) is 14.9 Å². The largest absolute Gasteiger partial charge is 0.480 e. The second-order valence-corrected chi connectivity index (χ2v) is 10.3. The molecule has 1 saturated heterocycles. The summed E-state index contributed by atoms with van der Waals surface area (Å²) in [5, 5.41) is 13.2. The summed E-state index contributed by atoms with van der Waals surface area (Å²) in [6, 6.07) is 23.5. The summed E-state index contributed by atoms with van der Waals surface area (Å²) >= 11 is 0. The van der Waals surface area contributed by atoms with Gasteiger partial charge in [0, 0.05) is 29.8 Å². The van der Waals surface area contributed by atoms with Gasteiger partial charge in [0.15, 0.2) is 6.04 Å². The number of rotatable bonds is 10. The van der Waals surface area contributed by atoms with Crippen LogP contribution in [0.2, 0.25) is 0 Å². The Hall–Kier alpha value is -5.71. The van der Waals surface area contributed by atoms with Crippen molar-refractivity contribution in [3.05, 3.63) is 131 Å². The first kappa shape index (κ1) is 30.7. The van der Waals surface area contributed by atoms with Crippen molar-refractivity contribution in [2.24, 2.45) is 4.99 Å². The summed E-state index contributed by atoms with van der Waals surface area (Å²) in [5.41, 5.74) is 2.30. The van der Waals surface area contributed by atoms with E-state index in [1.54, 1.807) is 79.7 Å². The number of hydrogen-bond acceptors (Lipinski definition) is 7. The Morgan fingerprint density at radius 1 is 1.00 bits per heavy atom. The Morgan fingerprint density at radius 3 is 2.38 bits per heavy atom. The van der Waals surface area contributed by atoms with E-state index < -0.39 is 54.1 Å². The standard InChI is InChI=1S/C34H29FN4O6/c1-21(25-11-5-6-12-27(25)38-32(41)28-13-7-8-18-36-28)37-31(33(42)43)26(22-14-16-24(35)17-15-22)19-30(40)39-29(20-45-34(39)44)23-9-3-2-4-10-23/h2-18,26,29,31H,19-20H2,1H3,(H,38,41)(H,42,43)/t26-,29-,31+/m1/s1. The van der Waals surface area contributed by atoms with E-state index in [2.05, 4.69) is 15.3 Å². The quantitative estimate of drug-likeness (QED) is 0.223. The molecule has 1 aliphatic heterocycles. The van der Waals surface area contributed by atoms with Gasteiger partial charge in [-0.2, -0.15) is 0 Å². The van der Waals surface area contributed by atoms with Crippen LogP contribution >= 0.6 is 0 Å². The van der Waals surface area contributed by atoms with E-state index in [0.717, 1.165) is 4.90 Å². The molecule has 45 heavy (non-hydrogen) atoms. The van der Waals surface area contributed by atoms with Gasteiger partial charge in [-0.3, -0.25) is 19.6 Å². The lowest BCUT2D eigenvalue weighted by Crippen LogP contribution is -2.38. The van der Waals surface area contributed by atoms with Gasteiger partial charge >= 0.3 is 12.1 Å². The van der Waals surface area contributed by atoms with E-state index in [1.807, 2.05) is 0 Å². The molecule has 228 valence electrons. The zero-order valence-electron chi connectivity index (χ0n) is 24.2. The molecule has 0 aliphatic carbocycles. The number of aromatic nitrogens is 1. The lowest BCUT2D eigenvalue weighted by Gasteiger charge is -2.26. The zero-order chi connectivity index (χ0) is 31.9. The number of halogens is 1. The van der Waals surface area contributed by atoms with Crippen molar-refractivity contribution in [3.8, 4) is 0 Å². The lowest BCUT2D eigenvalue weighted by atomic mass is 9.87. The SMILES string of the molecule is CC(=N[C@H](C(=O)O)[C@H](CC(=O)N1C(=O)OC[C@@H]1c1ccccc1)c1ccc(F)cc1)c1ccccc1NC(=O)c1ccccn1. The van der Waals surface area contributed by atoms with Gasteiger partial charge in [-0.25, -0.2) is 18.9 Å². The molecule has 3 atom stereocenters. The highest BCUT2D eigenvalue weighted by molar-refractivity contribution is 6.10. The van der Waals surface area contributed by atoms with Gasteiger partial charge in [0.1, 0.15) is 24.2 Å². The number of carboxylic acids is 1. The van der Waals surface area contributed by atoms with Crippen LogP contribution in [-0.2, 0) is 14.3 Å². The summed E-state index contributed by atoms with van der Waals surface area (Å²) in [7, 11) is 0. The Morgan fingerprint density at radius 2 is 1.69 bits per heavy atom. The molecule has 0 bridgehead atoms. The Balaban J connectivity index is 1.48. The molecule has 2 heterocycles. The van der Waals surface area contributed by atoms with Crippen molar-refractivity contribution in [2.75, 3.05) is 11.9 Å². The van der Waals surface area contributed by atoms with Crippen molar-refractivity contribution in [1.29, 1.82) is 0 Å². The van der Waals surface area contributed by atoms with Gasteiger partial charge < -0.3 is 15.2 Å². The highest BCUT2D eigenvalue weighted by Gasteiger charge is 2.41. The molecule has 0 radical (unpaired) electrons. The van der Waals surface area contributed by atoms with Gasteiger partial charge in [-0.15, -0.1) is 0 Å². The van der Waals surface area contributed by atoms with Crippen LogP contribution in [0, 0.1) is 5.82 Å². The maximum absolute atomic E-state index is 13.9. The van der Waals surface area contributed by atoms with Crippen molar-refractivity contribution >= 4 is 35.3 Å². The predicted octanol–water partition coefficient (Wildman–Crippen LogP) is 5.63. The number of anilines is 1. The third-order valence-corrected chi connectivity index (χ3v) is 7.45. The van der Waals surface area contributed by atoms with Crippen LogP contribution in [0.1, 0.15) is 52.5 Å². The molecular weight excluding hydrogens is 579 g/mol. The number of hydrogen-bond donors (Lipinski definition) is 2. The molecule has 0 saturated carbocycles. The minimum absolute atomic E-state index is 0.0452. The first-order valence-electron chi connectivity index (χ1n) is 14.1. The third-order valence-electron chi connectivity index (χ3n) is 7.45. The highest BCUT2D eigenvalue weighted by Crippen LogP contribution is 2.33. The summed E-state index contributed by atoms with van der Waals surface area (Å²) in [6.45, 7) is 1.55. The van der Waals surface area contributed by atoms with E-state index >= 15 is 0 Å². The molecule has 0 unspecified atom stereocenters. The molecule has 1 aromatic heterocycles. The molecule has 0 spiro atoms. The van der Waals surface area contributed by atoms with E-state index in [0.29, 0.717) is 22.4 Å². The van der Waals surface area contributed by atoms with E-state index in [1.165, 1.54) is 30.5 Å². The molecule has 11 heteroatoms. The summed E-state index contributed by atoms with van der Waals surface area (Å²) in [4.78, 5) is 61.6. The molecule has 1 aliphatic rings. The number of para-hydroxylation sites is 1. The van der Waals surface area contributed by atoms with Gasteiger partial charge in [-0.1, -0.05) is 66.7 Å². The summed E-state index contributed by atoms with van der Waals surface area (Å²) < 4.78 is 19.1. The third kappa shape index (κ3) is 7.10. The topological polar surface area (TPSA) is 138 Å². The highest BCUT2D eigenvalue weighted by atomic mass is 19.1. The van der Waals surface area contributed by atoms with Gasteiger partial charge in [-0.05, 0) is 48.4 Å². The first-order chi connectivity index (χ1) is 21.7. The number of aliphatic imine (C=N–C) groups is 1. The second-order valence-electron chi connectivity index (χ2n) is 10.3. The minimum atomic E-state index is -1.52. The van der Waals surface area contributed by atoms with E-state index in [4.69, 9.17) is 4.74 Å². The van der Waals surface area contributed by atoms with Crippen LogP contribution in [0.15, 0.2) is 108 Å². The Bertz CT molecular complexity index is 1730. The number of aliphatic carboxylic acids is 1. The number of nitrogens with zero attached hydrogens (tertiary/aromatic N) is 3. The molecule has 3 aromatic carbocycles. The number of nitrogens with one attached hydrogen (secondary N) is 1. The number of carbonyl (C=O) groups is 4. The normalized spacial score (nSPS) is 16.0. The second kappa shape index (κ2) is 13.7.